The first-order valence-electron chi connectivity index (χ1n) is 8.74. The van der Waals surface area contributed by atoms with Crippen molar-refractivity contribution in [3.8, 4) is 5.75 Å². The smallest absolute Gasteiger partial charge is 0.307 e. The zero-order chi connectivity index (χ0) is 17.6. The number of amides is 1. The average Bonchev–Trinajstić information content (AvgIpc) is 2.97. The lowest BCUT2D eigenvalue weighted by Crippen LogP contribution is -2.40. The van der Waals surface area contributed by atoms with Gasteiger partial charge in [0.2, 0.25) is 5.91 Å². The van der Waals surface area contributed by atoms with Gasteiger partial charge in [-0.2, -0.15) is 0 Å². The minimum absolute atomic E-state index is 0.0158. The van der Waals surface area contributed by atoms with Crippen LogP contribution in [0, 0.1) is 12.8 Å². The summed E-state index contributed by atoms with van der Waals surface area (Å²) in [4.78, 5) is 26.0. The molecule has 1 aliphatic heterocycles. The third-order valence-corrected chi connectivity index (χ3v) is 5.60. The van der Waals surface area contributed by atoms with E-state index in [-0.39, 0.29) is 10.8 Å². The lowest BCUT2D eigenvalue weighted by molar-refractivity contribution is -0.133. The third kappa shape index (κ3) is 4.72. The van der Waals surface area contributed by atoms with Gasteiger partial charge in [-0.25, -0.2) is 0 Å². The predicted molar refractivity (Wildman–Crippen MR) is 99.2 cm³/mol. The molecule has 1 aromatic heterocycles. The van der Waals surface area contributed by atoms with E-state index >= 15 is 0 Å². The van der Waals surface area contributed by atoms with Crippen molar-refractivity contribution >= 4 is 17.2 Å². The monoisotopic (exact) mass is 360 g/mol. The molecule has 5 nitrogen and oxygen atoms in total. The van der Waals surface area contributed by atoms with Crippen molar-refractivity contribution in [3.05, 3.63) is 51.1 Å². The number of carbonyl (C=O) groups excluding carboxylic acids is 1. The highest BCUT2D eigenvalue weighted by molar-refractivity contribution is 7.07. The lowest BCUT2D eigenvalue weighted by Gasteiger charge is -2.32. The van der Waals surface area contributed by atoms with Crippen LogP contribution in [0.25, 0.3) is 0 Å². The molecule has 0 radical (unpaired) electrons. The molecule has 0 unspecified atom stereocenters. The largest absolute Gasteiger partial charge is 0.493 e. The van der Waals surface area contributed by atoms with Crippen molar-refractivity contribution in [1.29, 1.82) is 0 Å². The van der Waals surface area contributed by atoms with Crippen LogP contribution in [0.2, 0.25) is 0 Å². The fraction of sp³-hybridized carbons (Fsp3) is 0.474. The van der Waals surface area contributed by atoms with Crippen LogP contribution < -0.4 is 9.61 Å². The number of nitrogens with zero attached hydrogens (tertiary/aromatic N) is 2. The summed E-state index contributed by atoms with van der Waals surface area (Å²) >= 11 is 1.19. The molecule has 0 N–H and O–H groups in total. The summed E-state index contributed by atoms with van der Waals surface area (Å²) in [5, 5.41) is 1.84. The van der Waals surface area contributed by atoms with E-state index in [0.717, 1.165) is 37.4 Å². The van der Waals surface area contributed by atoms with E-state index in [4.69, 9.17) is 4.74 Å². The highest BCUT2D eigenvalue weighted by Crippen LogP contribution is 2.20. The first kappa shape index (κ1) is 17.7. The third-order valence-electron chi connectivity index (χ3n) is 4.72. The van der Waals surface area contributed by atoms with Crippen molar-refractivity contribution in [2.24, 2.45) is 5.92 Å². The Labute approximate surface area is 151 Å². The van der Waals surface area contributed by atoms with Crippen LogP contribution in [0.4, 0.5) is 0 Å². The van der Waals surface area contributed by atoms with Crippen LogP contribution in [0.5, 0.6) is 5.75 Å². The SMILES string of the molecule is Cc1csc(=O)n1CCC(=O)N1CCC(COc2ccccc2)CC1. The summed E-state index contributed by atoms with van der Waals surface area (Å²) in [6, 6.07) is 9.84. The summed E-state index contributed by atoms with van der Waals surface area (Å²) in [5.41, 5.74) is 0.930. The summed E-state index contributed by atoms with van der Waals surface area (Å²) in [7, 11) is 0. The number of hydrogen-bond donors (Lipinski definition) is 0. The molecule has 0 atom stereocenters. The minimum atomic E-state index is 0.0158. The second kappa shape index (κ2) is 8.34. The zero-order valence-corrected chi connectivity index (χ0v) is 15.3. The normalized spacial score (nSPS) is 15.3. The van der Waals surface area contributed by atoms with Crippen LogP contribution >= 0.6 is 11.3 Å². The van der Waals surface area contributed by atoms with Crippen LogP contribution in [-0.2, 0) is 11.3 Å². The number of rotatable bonds is 6. The van der Waals surface area contributed by atoms with Gasteiger partial charge in [-0.05, 0) is 37.8 Å². The number of aryl methyl sites for hydroxylation is 1. The molecule has 2 aromatic rings. The molecule has 0 aliphatic carbocycles. The molecule has 1 fully saturated rings. The number of likely N-dealkylation sites (tertiary alicyclic amines) is 1. The van der Waals surface area contributed by atoms with Gasteiger partial charge >= 0.3 is 4.87 Å². The van der Waals surface area contributed by atoms with E-state index in [0.29, 0.717) is 25.5 Å². The fourth-order valence-electron chi connectivity index (χ4n) is 3.12. The molecule has 0 bridgehead atoms. The topological polar surface area (TPSA) is 51.5 Å². The van der Waals surface area contributed by atoms with E-state index < -0.39 is 0 Å². The number of carbonyl (C=O) groups is 1. The second-order valence-electron chi connectivity index (χ2n) is 6.49. The standard InChI is InChI=1S/C19H24N2O3S/c1-15-14-25-19(23)21(15)12-9-18(22)20-10-7-16(8-11-20)13-24-17-5-3-2-4-6-17/h2-6,14,16H,7-13H2,1H3. The summed E-state index contributed by atoms with van der Waals surface area (Å²) in [6.45, 7) is 4.64. The number of thiazole rings is 1. The Morgan fingerprint density at radius 1 is 1.24 bits per heavy atom. The molecule has 3 rings (SSSR count). The van der Waals surface area contributed by atoms with E-state index in [1.165, 1.54) is 11.3 Å². The van der Waals surface area contributed by atoms with E-state index in [9.17, 15) is 9.59 Å². The summed E-state index contributed by atoms with van der Waals surface area (Å²) < 4.78 is 7.51. The maximum atomic E-state index is 12.4. The van der Waals surface area contributed by atoms with Gasteiger partial charge in [0.1, 0.15) is 5.75 Å². The number of para-hydroxylation sites is 1. The molecule has 2 heterocycles. The van der Waals surface area contributed by atoms with Gasteiger partial charge in [0.25, 0.3) is 0 Å². The van der Waals surface area contributed by atoms with E-state index in [1.54, 1.807) is 4.57 Å². The Morgan fingerprint density at radius 2 is 1.96 bits per heavy atom. The van der Waals surface area contributed by atoms with Gasteiger partial charge in [0, 0.05) is 37.1 Å². The Morgan fingerprint density at radius 3 is 2.60 bits per heavy atom. The molecule has 6 heteroatoms. The maximum Gasteiger partial charge on any atom is 0.307 e. The van der Waals surface area contributed by atoms with Crippen LogP contribution in [-0.4, -0.2) is 35.1 Å². The average molecular weight is 360 g/mol. The Hall–Kier alpha value is -2.08. The summed E-state index contributed by atoms with van der Waals surface area (Å²) in [6.07, 6.45) is 2.33. The quantitative estimate of drug-likeness (QED) is 0.796. The van der Waals surface area contributed by atoms with Crippen molar-refractivity contribution in [2.75, 3.05) is 19.7 Å². The van der Waals surface area contributed by atoms with Crippen molar-refractivity contribution in [2.45, 2.75) is 32.7 Å². The highest BCUT2D eigenvalue weighted by Gasteiger charge is 2.23. The molecule has 1 aromatic carbocycles. The Bertz CT molecular complexity index is 746. The maximum absolute atomic E-state index is 12.4. The second-order valence-corrected chi connectivity index (χ2v) is 7.31. The highest BCUT2D eigenvalue weighted by atomic mass is 32.1. The number of aromatic nitrogens is 1. The van der Waals surface area contributed by atoms with Crippen molar-refractivity contribution < 1.29 is 9.53 Å². The van der Waals surface area contributed by atoms with E-state index in [1.807, 2.05) is 47.5 Å². The van der Waals surface area contributed by atoms with Crippen LogP contribution in [0.1, 0.15) is 25.0 Å². The fourth-order valence-corrected chi connectivity index (χ4v) is 3.88. The molecule has 1 saturated heterocycles. The van der Waals surface area contributed by atoms with Gasteiger partial charge in [-0.15, -0.1) is 0 Å². The predicted octanol–water partition coefficient (Wildman–Crippen LogP) is 2.93. The molecule has 0 spiro atoms. The van der Waals surface area contributed by atoms with Gasteiger partial charge in [0.05, 0.1) is 6.61 Å². The molecular weight excluding hydrogens is 336 g/mol. The Balaban J connectivity index is 1.41. The molecule has 1 aliphatic rings. The van der Waals surface area contributed by atoms with Gasteiger partial charge in [-0.3, -0.25) is 9.59 Å². The minimum Gasteiger partial charge on any atom is -0.493 e. The lowest BCUT2D eigenvalue weighted by atomic mass is 9.97. The van der Waals surface area contributed by atoms with Gasteiger partial charge < -0.3 is 14.2 Å². The van der Waals surface area contributed by atoms with E-state index in [2.05, 4.69) is 0 Å². The zero-order valence-electron chi connectivity index (χ0n) is 14.5. The number of piperidine rings is 1. The first-order chi connectivity index (χ1) is 12.1. The van der Waals surface area contributed by atoms with Crippen LogP contribution in [0.15, 0.2) is 40.5 Å². The Kier molecular flexibility index (Phi) is 5.91. The molecule has 134 valence electrons. The molecule has 0 saturated carbocycles. The number of ether oxygens (including phenoxy) is 1. The number of benzene rings is 1. The molecular formula is C19H24N2O3S. The summed E-state index contributed by atoms with van der Waals surface area (Å²) in [5.74, 6) is 1.53. The number of hydrogen-bond acceptors (Lipinski definition) is 4. The van der Waals surface area contributed by atoms with Gasteiger partial charge in [-0.1, -0.05) is 29.5 Å². The van der Waals surface area contributed by atoms with Crippen molar-refractivity contribution in [1.82, 2.24) is 9.47 Å². The molecule has 25 heavy (non-hydrogen) atoms. The molecule has 1 amide bonds. The van der Waals surface area contributed by atoms with Crippen LogP contribution in [0.3, 0.4) is 0 Å². The first-order valence-corrected chi connectivity index (χ1v) is 9.62. The van der Waals surface area contributed by atoms with Crippen molar-refractivity contribution in [3.63, 3.8) is 0 Å². The van der Waals surface area contributed by atoms with Gasteiger partial charge in [0.15, 0.2) is 0 Å².